The summed E-state index contributed by atoms with van der Waals surface area (Å²) in [5, 5.41) is 0. The van der Waals surface area contributed by atoms with Gasteiger partial charge in [-0.3, -0.25) is 13.8 Å². The average Bonchev–Trinajstić information content (AvgIpc) is 2.45. The number of rotatable bonds is 9. The van der Waals surface area contributed by atoms with Crippen LogP contribution in [-0.2, 0) is 13.6 Å². The number of hydrogen-bond acceptors (Lipinski definition) is 5. The van der Waals surface area contributed by atoms with E-state index in [9.17, 15) is 9.36 Å². The zero-order valence-corrected chi connectivity index (χ0v) is 16.4. The van der Waals surface area contributed by atoms with Crippen LogP contribution in [0.4, 0.5) is 0 Å². The van der Waals surface area contributed by atoms with Crippen LogP contribution >= 0.6 is 18.2 Å². The number of benzene rings is 1. The second-order valence-electron chi connectivity index (χ2n) is 6.13. The summed E-state index contributed by atoms with van der Waals surface area (Å²) < 4.78 is 23.4. The molecule has 130 valence electrons. The van der Waals surface area contributed by atoms with E-state index in [0.29, 0.717) is 12.0 Å². The molecule has 0 aliphatic heterocycles. The van der Waals surface area contributed by atoms with E-state index in [1.165, 1.54) is 0 Å². The number of ketones is 1. The van der Waals surface area contributed by atoms with Crippen molar-refractivity contribution in [2.45, 2.75) is 64.9 Å². The molecule has 0 aromatic heterocycles. The lowest BCUT2D eigenvalue weighted by molar-refractivity contribution is 0.0946. The molecule has 23 heavy (non-hydrogen) atoms. The minimum atomic E-state index is -3.45. The molecule has 0 saturated heterocycles. The molecule has 1 aromatic carbocycles. The van der Waals surface area contributed by atoms with Crippen LogP contribution in [0, 0.1) is 0 Å². The van der Waals surface area contributed by atoms with Crippen molar-refractivity contribution in [1.29, 1.82) is 0 Å². The van der Waals surface area contributed by atoms with Crippen LogP contribution in [0.2, 0.25) is 0 Å². The Morgan fingerprint density at radius 2 is 1.61 bits per heavy atom. The van der Waals surface area contributed by atoms with Crippen LogP contribution in [0.1, 0.15) is 58.3 Å². The highest BCUT2D eigenvalue weighted by atomic mass is 32.7. The topological polar surface area (TPSA) is 52.6 Å². The third-order valence-corrected chi connectivity index (χ3v) is 8.04. The zero-order chi connectivity index (χ0) is 17.7. The number of carbonyl (C=O) groups excluding carboxylic acids is 1. The van der Waals surface area contributed by atoms with Crippen molar-refractivity contribution >= 4 is 24.0 Å². The van der Waals surface area contributed by atoms with Crippen molar-refractivity contribution in [2.75, 3.05) is 0 Å². The van der Waals surface area contributed by atoms with Crippen molar-refractivity contribution in [3.05, 3.63) is 35.9 Å². The fourth-order valence-electron chi connectivity index (χ4n) is 1.99. The van der Waals surface area contributed by atoms with Crippen molar-refractivity contribution in [1.82, 2.24) is 0 Å². The first-order chi connectivity index (χ1) is 10.6. The highest BCUT2D eigenvalue weighted by Crippen LogP contribution is 2.67. The SMILES string of the molecule is CCC(C)(SP(=O)(OC(C)C)OC(C)C)C(=O)c1ccccc1. The highest BCUT2D eigenvalue weighted by Gasteiger charge is 2.43. The third kappa shape index (κ3) is 6.07. The van der Waals surface area contributed by atoms with E-state index in [1.807, 2.05) is 25.1 Å². The second-order valence-corrected chi connectivity index (χ2v) is 10.4. The van der Waals surface area contributed by atoms with Crippen LogP contribution in [0.3, 0.4) is 0 Å². The van der Waals surface area contributed by atoms with Gasteiger partial charge in [0.1, 0.15) is 0 Å². The van der Waals surface area contributed by atoms with E-state index in [1.54, 1.807) is 46.8 Å². The second kappa shape index (κ2) is 8.48. The fourth-order valence-corrected chi connectivity index (χ4v) is 7.39. The van der Waals surface area contributed by atoms with Crippen LogP contribution in [0.15, 0.2) is 30.3 Å². The molecule has 0 spiro atoms. The summed E-state index contributed by atoms with van der Waals surface area (Å²) in [5.41, 5.74) is 0.602. The molecule has 0 heterocycles. The third-order valence-electron chi connectivity index (χ3n) is 3.18. The van der Waals surface area contributed by atoms with Gasteiger partial charge in [0.05, 0.1) is 17.0 Å². The van der Waals surface area contributed by atoms with Crippen LogP contribution in [0.5, 0.6) is 0 Å². The Morgan fingerprint density at radius 3 is 2.00 bits per heavy atom. The summed E-state index contributed by atoms with van der Waals surface area (Å²) in [6.07, 6.45) is 0.0261. The van der Waals surface area contributed by atoms with Crippen molar-refractivity contribution in [3.8, 4) is 0 Å². The van der Waals surface area contributed by atoms with Crippen molar-refractivity contribution < 1.29 is 18.4 Å². The Balaban J connectivity index is 3.10. The molecule has 1 atom stereocenters. The molecule has 1 rings (SSSR count). The van der Waals surface area contributed by atoms with Gasteiger partial charge in [0.2, 0.25) is 0 Å². The quantitative estimate of drug-likeness (QED) is 0.417. The Kier molecular flexibility index (Phi) is 7.53. The van der Waals surface area contributed by atoms with Gasteiger partial charge in [-0.25, -0.2) is 4.57 Å². The molecular weight excluding hydrogens is 331 g/mol. The van der Waals surface area contributed by atoms with Gasteiger partial charge >= 0.3 is 6.80 Å². The molecular formula is C17H27O4PS. The predicted octanol–water partition coefficient (Wildman–Crippen LogP) is 5.73. The predicted molar refractivity (Wildman–Crippen MR) is 97.1 cm³/mol. The van der Waals surface area contributed by atoms with Gasteiger partial charge < -0.3 is 0 Å². The summed E-state index contributed by atoms with van der Waals surface area (Å²) >= 11 is 1.02. The van der Waals surface area contributed by atoms with E-state index in [0.717, 1.165) is 11.4 Å². The van der Waals surface area contributed by atoms with E-state index in [-0.39, 0.29) is 18.0 Å². The molecule has 4 nitrogen and oxygen atoms in total. The highest BCUT2D eigenvalue weighted by molar-refractivity contribution is 8.56. The molecule has 0 saturated carbocycles. The Labute approximate surface area is 143 Å². The molecule has 0 aliphatic rings. The lowest BCUT2D eigenvalue weighted by Gasteiger charge is -2.31. The first-order valence-corrected chi connectivity index (χ1v) is 10.9. The molecule has 0 bridgehead atoms. The van der Waals surface area contributed by atoms with Gasteiger partial charge in [0.25, 0.3) is 0 Å². The fraction of sp³-hybridized carbons (Fsp3) is 0.588. The van der Waals surface area contributed by atoms with Crippen LogP contribution in [-0.4, -0.2) is 22.7 Å². The maximum absolute atomic E-state index is 13.1. The number of Topliss-reactive ketones (excluding diaryl/α,β-unsaturated/α-hetero) is 1. The molecule has 0 aliphatic carbocycles. The first-order valence-electron chi connectivity index (χ1n) is 7.89. The van der Waals surface area contributed by atoms with E-state index >= 15 is 0 Å². The van der Waals surface area contributed by atoms with E-state index in [2.05, 4.69) is 0 Å². The summed E-state index contributed by atoms with van der Waals surface area (Å²) in [5.74, 6) is -0.0643. The zero-order valence-electron chi connectivity index (χ0n) is 14.7. The van der Waals surface area contributed by atoms with E-state index < -0.39 is 11.5 Å². The van der Waals surface area contributed by atoms with Crippen LogP contribution in [0.25, 0.3) is 0 Å². The van der Waals surface area contributed by atoms with Gasteiger partial charge in [0, 0.05) is 5.56 Å². The summed E-state index contributed by atoms with van der Waals surface area (Å²) in [4.78, 5) is 12.9. The molecule has 0 amide bonds. The largest absolute Gasteiger partial charge is 0.390 e. The molecule has 6 heteroatoms. The number of carbonyl (C=O) groups is 1. The maximum Gasteiger partial charge on any atom is 0.390 e. The van der Waals surface area contributed by atoms with Gasteiger partial charge in [-0.15, -0.1) is 0 Å². The van der Waals surface area contributed by atoms with Gasteiger partial charge in [-0.2, -0.15) is 0 Å². The minimum Gasteiger partial charge on any atom is -0.298 e. The molecule has 0 radical (unpaired) electrons. The summed E-state index contributed by atoms with van der Waals surface area (Å²) in [7, 11) is 0. The molecule has 0 N–H and O–H groups in total. The van der Waals surface area contributed by atoms with Gasteiger partial charge in [-0.1, -0.05) is 37.3 Å². The minimum absolute atomic E-state index is 0.0643. The van der Waals surface area contributed by atoms with E-state index in [4.69, 9.17) is 9.05 Å². The lowest BCUT2D eigenvalue weighted by atomic mass is 9.96. The molecule has 1 aromatic rings. The van der Waals surface area contributed by atoms with Crippen molar-refractivity contribution in [2.24, 2.45) is 0 Å². The Bertz CT molecular complexity index is 545. The van der Waals surface area contributed by atoms with Gasteiger partial charge in [0.15, 0.2) is 5.78 Å². The summed E-state index contributed by atoms with van der Waals surface area (Å²) in [6, 6.07) is 9.05. The maximum atomic E-state index is 13.1. The van der Waals surface area contributed by atoms with Crippen molar-refractivity contribution in [3.63, 3.8) is 0 Å². The first kappa shape index (κ1) is 20.4. The molecule has 1 unspecified atom stereocenters. The summed E-state index contributed by atoms with van der Waals surface area (Å²) in [6.45, 7) is 7.48. The Morgan fingerprint density at radius 1 is 1.13 bits per heavy atom. The van der Waals surface area contributed by atoms with Crippen LogP contribution < -0.4 is 0 Å². The smallest absolute Gasteiger partial charge is 0.298 e. The monoisotopic (exact) mass is 358 g/mol. The lowest BCUT2D eigenvalue weighted by Crippen LogP contribution is -2.31. The number of hydrogen-bond donors (Lipinski definition) is 0. The normalized spacial score (nSPS) is 15.0. The van der Waals surface area contributed by atoms with Gasteiger partial charge in [-0.05, 0) is 52.4 Å². The molecule has 0 fully saturated rings. The Hall–Kier alpha value is -0.610. The standard InChI is InChI=1S/C17H27O4PS/c1-7-17(6,16(18)15-11-9-8-10-12-15)23-22(19,20-13(2)3)21-14(4)5/h8-14H,7H2,1-6H3. The average molecular weight is 358 g/mol.